The highest BCUT2D eigenvalue weighted by molar-refractivity contribution is 8.18. The molecule has 0 atom stereocenters. The van der Waals surface area contributed by atoms with E-state index in [1.807, 2.05) is 0 Å². The number of aromatic carboxylic acids is 1. The number of hydrogen-bond acceptors (Lipinski definition) is 6. The van der Waals surface area contributed by atoms with Crippen LogP contribution in [0.3, 0.4) is 0 Å². The van der Waals surface area contributed by atoms with Gasteiger partial charge in [-0.25, -0.2) is 14.6 Å². The minimum absolute atomic E-state index is 0.161. The summed E-state index contributed by atoms with van der Waals surface area (Å²) in [5, 5.41) is 18.1. The number of amides is 1. The first-order valence-corrected chi connectivity index (χ1v) is 9.19. The highest BCUT2D eigenvalue weighted by Gasteiger charge is 2.30. The van der Waals surface area contributed by atoms with Gasteiger partial charge in [-0.2, -0.15) is 0 Å². The van der Waals surface area contributed by atoms with Crippen LogP contribution in [0.15, 0.2) is 58.4 Å². The smallest absolute Gasteiger partial charge is 0.341 e. The van der Waals surface area contributed by atoms with Crippen molar-refractivity contribution in [1.82, 2.24) is 4.90 Å². The van der Waals surface area contributed by atoms with Crippen LogP contribution in [0, 0.1) is 0 Å². The largest absolute Gasteiger partial charge is 0.482 e. The van der Waals surface area contributed by atoms with Crippen molar-refractivity contribution in [2.24, 2.45) is 4.99 Å². The molecule has 9 heteroatoms. The third kappa shape index (κ3) is 5.02. The molecule has 1 heterocycles. The number of carbonyl (C=O) groups excluding carboxylic acids is 1. The summed E-state index contributed by atoms with van der Waals surface area (Å²) >= 11 is 1.21. The number of aliphatic carboxylic acids is 1. The number of likely N-dealkylation sites (N-methyl/N-ethyl adjacent to an activating group) is 1. The number of ether oxygens (including phenoxy) is 1. The summed E-state index contributed by atoms with van der Waals surface area (Å²) in [6, 6.07) is 12.8. The van der Waals surface area contributed by atoms with E-state index in [0.717, 1.165) is 5.56 Å². The van der Waals surface area contributed by atoms with Crippen molar-refractivity contribution < 1.29 is 29.3 Å². The molecule has 0 saturated carbocycles. The Morgan fingerprint density at radius 3 is 2.34 bits per heavy atom. The normalized spacial score (nSPS) is 16.4. The predicted molar refractivity (Wildman–Crippen MR) is 108 cm³/mol. The summed E-state index contributed by atoms with van der Waals surface area (Å²) in [4.78, 5) is 40.2. The second-order valence-corrected chi connectivity index (χ2v) is 6.98. The van der Waals surface area contributed by atoms with Crippen molar-refractivity contribution in [2.75, 3.05) is 13.7 Å². The van der Waals surface area contributed by atoms with Crippen LogP contribution in [-0.4, -0.2) is 51.8 Å². The molecule has 2 aromatic rings. The minimum Gasteiger partial charge on any atom is -0.482 e. The molecule has 148 valence electrons. The third-order valence-electron chi connectivity index (χ3n) is 3.88. The zero-order chi connectivity index (χ0) is 21.0. The van der Waals surface area contributed by atoms with Crippen LogP contribution >= 0.6 is 11.8 Å². The zero-order valence-corrected chi connectivity index (χ0v) is 16.0. The van der Waals surface area contributed by atoms with E-state index in [1.165, 1.54) is 28.8 Å². The fourth-order valence-corrected chi connectivity index (χ4v) is 3.38. The average molecular weight is 412 g/mol. The Balaban J connectivity index is 1.75. The van der Waals surface area contributed by atoms with Crippen molar-refractivity contribution in [3.8, 4) is 5.75 Å². The molecule has 3 rings (SSSR count). The fraction of sp³-hybridized carbons (Fsp3) is 0.100. The number of aliphatic imine (C=N–C) groups is 1. The van der Waals surface area contributed by atoms with E-state index >= 15 is 0 Å². The van der Waals surface area contributed by atoms with Gasteiger partial charge in [0.2, 0.25) is 0 Å². The minimum atomic E-state index is -1.06. The Kier molecular flexibility index (Phi) is 5.99. The first kappa shape index (κ1) is 20.2. The van der Waals surface area contributed by atoms with E-state index in [1.54, 1.807) is 49.5 Å². The summed E-state index contributed by atoms with van der Waals surface area (Å²) in [5.41, 5.74) is 1.45. The fourth-order valence-electron chi connectivity index (χ4n) is 2.40. The van der Waals surface area contributed by atoms with Crippen LogP contribution in [-0.2, 0) is 9.59 Å². The quantitative estimate of drug-likeness (QED) is 0.700. The van der Waals surface area contributed by atoms with Crippen molar-refractivity contribution in [2.45, 2.75) is 0 Å². The molecule has 0 aliphatic carbocycles. The third-order valence-corrected chi connectivity index (χ3v) is 4.94. The van der Waals surface area contributed by atoms with Crippen LogP contribution in [0.25, 0.3) is 6.08 Å². The van der Waals surface area contributed by atoms with E-state index in [4.69, 9.17) is 14.9 Å². The maximum Gasteiger partial charge on any atom is 0.341 e. The number of hydrogen-bond donors (Lipinski definition) is 2. The van der Waals surface area contributed by atoms with Gasteiger partial charge in [-0.1, -0.05) is 12.1 Å². The molecule has 1 fully saturated rings. The molecule has 2 N–H and O–H groups in total. The van der Waals surface area contributed by atoms with Gasteiger partial charge in [-0.15, -0.1) is 0 Å². The van der Waals surface area contributed by atoms with Crippen LogP contribution in [0.5, 0.6) is 5.75 Å². The van der Waals surface area contributed by atoms with Crippen molar-refractivity contribution in [3.05, 3.63) is 64.6 Å². The molecule has 0 spiro atoms. The van der Waals surface area contributed by atoms with Gasteiger partial charge in [0.25, 0.3) is 5.91 Å². The number of benzene rings is 2. The number of thioether (sulfide) groups is 1. The Morgan fingerprint density at radius 2 is 1.76 bits per heavy atom. The SMILES string of the molecule is CN1C(=O)/C(=C/c2ccc(OCC(=O)O)cc2)SC1=Nc1ccc(C(=O)O)cc1. The summed E-state index contributed by atoms with van der Waals surface area (Å²) < 4.78 is 5.08. The van der Waals surface area contributed by atoms with E-state index in [0.29, 0.717) is 21.5 Å². The highest BCUT2D eigenvalue weighted by atomic mass is 32.2. The maximum atomic E-state index is 12.5. The van der Waals surface area contributed by atoms with Crippen molar-refractivity contribution >= 4 is 46.5 Å². The lowest BCUT2D eigenvalue weighted by molar-refractivity contribution is -0.139. The molecule has 0 aromatic heterocycles. The Hall–Kier alpha value is -3.59. The highest BCUT2D eigenvalue weighted by Crippen LogP contribution is 2.33. The van der Waals surface area contributed by atoms with Crippen molar-refractivity contribution in [1.29, 1.82) is 0 Å². The van der Waals surface area contributed by atoms with Crippen LogP contribution < -0.4 is 4.74 Å². The lowest BCUT2D eigenvalue weighted by Crippen LogP contribution is -2.23. The zero-order valence-electron chi connectivity index (χ0n) is 15.2. The molecular formula is C20H16N2O6S. The molecule has 2 aromatic carbocycles. The van der Waals surface area contributed by atoms with E-state index in [9.17, 15) is 14.4 Å². The lowest BCUT2D eigenvalue weighted by Gasteiger charge is -2.07. The number of rotatable bonds is 6. The van der Waals surface area contributed by atoms with Gasteiger partial charge in [-0.05, 0) is 59.8 Å². The molecule has 1 amide bonds. The number of carboxylic acids is 2. The van der Waals surface area contributed by atoms with E-state index in [2.05, 4.69) is 4.99 Å². The first-order valence-electron chi connectivity index (χ1n) is 8.38. The standard InChI is InChI=1S/C20H16N2O6S/c1-22-18(25)16(10-12-2-8-15(9-3-12)28-11-17(23)24)29-20(22)21-14-6-4-13(5-7-14)19(26)27/h2-10H,11H2,1H3,(H,23,24)(H,26,27)/b16-10-,21-20?. The summed E-state index contributed by atoms with van der Waals surface area (Å²) in [6.07, 6.45) is 1.71. The second-order valence-electron chi connectivity index (χ2n) is 5.97. The van der Waals surface area contributed by atoms with Gasteiger partial charge in [-0.3, -0.25) is 9.69 Å². The van der Waals surface area contributed by atoms with Gasteiger partial charge in [0, 0.05) is 7.05 Å². The van der Waals surface area contributed by atoms with Gasteiger partial charge in [0.1, 0.15) is 5.75 Å². The number of carbonyl (C=O) groups is 3. The summed E-state index contributed by atoms with van der Waals surface area (Å²) in [5.74, 6) is -1.86. The van der Waals surface area contributed by atoms with E-state index < -0.39 is 18.5 Å². The van der Waals surface area contributed by atoms with Gasteiger partial charge >= 0.3 is 11.9 Å². The predicted octanol–water partition coefficient (Wildman–Crippen LogP) is 3.08. The van der Waals surface area contributed by atoms with Gasteiger partial charge in [0.05, 0.1) is 16.2 Å². The van der Waals surface area contributed by atoms with Gasteiger partial charge in [0.15, 0.2) is 11.8 Å². The molecule has 1 aliphatic heterocycles. The van der Waals surface area contributed by atoms with E-state index in [-0.39, 0.29) is 11.5 Å². The van der Waals surface area contributed by atoms with Gasteiger partial charge < -0.3 is 14.9 Å². The summed E-state index contributed by atoms with van der Waals surface area (Å²) in [6.45, 7) is -0.424. The van der Waals surface area contributed by atoms with Crippen LogP contribution in [0.4, 0.5) is 5.69 Å². The topological polar surface area (TPSA) is 117 Å². The van der Waals surface area contributed by atoms with Crippen molar-refractivity contribution in [3.63, 3.8) is 0 Å². The number of amidine groups is 1. The molecule has 0 radical (unpaired) electrons. The Bertz CT molecular complexity index is 1010. The molecule has 1 aliphatic rings. The molecule has 1 saturated heterocycles. The molecular weight excluding hydrogens is 396 g/mol. The monoisotopic (exact) mass is 412 g/mol. The van der Waals surface area contributed by atoms with Crippen LogP contribution in [0.2, 0.25) is 0 Å². The number of nitrogens with zero attached hydrogens (tertiary/aromatic N) is 2. The second kappa shape index (κ2) is 8.61. The molecule has 8 nitrogen and oxygen atoms in total. The molecule has 0 bridgehead atoms. The van der Waals surface area contributed by atoms with Crippen LogP contribution in [0.1, 0.15) is 15.9 Å². The lowest BCUT2D eigenvalue weighted by atomic mass is 10.2. The maximum absolute atomic E-state index is 12.5. The number of carboxylic acid groups (broad SMARTS) is 2. The Morgan fingerprint density at radius 1 is 1.10 bits per heavy atom. The first-order chi connectivity index (χ1) is 13.8. The average Bonchev–Trinajstić information content (AvgIpc) is 2.95. The Labute approximate surface area is 170 Å². The summed E-state index contributed by atoms with van der Waals surface area (Å²) in [7, 11) is 1.61. The molecule has 29 heavy (non-hydrogen) atoms. The molecule has 0 unspecified atom stereocenters.